The summed E-state index contributed by atoms with van der Waals surface area (Å²) in [5, 5.41) is 0.352. The Bertz CT molecular complexity index is 602. The van der Waals surface area contributed by atoms with E-state index in [9.17, 15) is 4.39 Å². The highest BCUT2D eigenvalue weighted by atomic mass is 79.9. The highest BCUT2D eigenvalue weighted by Gasteiger charge is 2.13. The molecular weight excluding hydrogens is 331 g/mol. The molecule has 100 valence electrons. The van der Waals surface area contributed by atoms with E-state index < -0.39 is 0 Å². The van der Waals surface area contributed by atoms with E-state index in [1.54, 1.807) is 12.1 Å². The Morgan fingerprint density at radius 1 is 1.32 bits per heavy atom. The van der Waals surface area contributed by atoms with E-state index >= 15 is 0 Å². The summed E-state index contributed by atoms with van der Waals surface area (Å²) < 4.78 is 14.0. The molecule has 0 amide bonds. The van der Waals surface area contributed by atoms with Crippen molar-refractivity contribution >= 4 is 27.5 Å². The first-order valence-electron chi connectivity index (χ1n) is 5.95. The summed E-state index contributed by atoms with van der Waals surface area (Å²) in [6.07, 6.45) is 0.783. The molecule has 19 heavy (non-hydrogen) atoms. The van der Waals surface area contributed by atoms with E-state index in [2.05, 4.69) is 39.7 Å². The molecule has 2 aromatic rings. The molecule has 0 aliphatic carbocycles. The van der Waals surface area contributed by atoms with Gasteiger partial charge in [-0.25, -0.2) is 14.4 Å². The van der Waals surface area contributed by atoms with E-state index in [0.29, 0.717) is 26.9 Å². The van der Waals surface area contributed by atoms with Crippen molar-refractivity contribution in [1.29, 1.82) is 0 Å². The van der Waals surface area contributed by atoms with Gasteiger partial charge < -0.3 is 0 Å². The van der Waals surface area contributed by atoms with Gasteiger partial charge in [0.2, 0.25) is 0 Å². The molecule has 2 rings (SSSR count). The fraction of sp³-hybridized carbons (Fsp3) is 0.286. The molecule has 0 saturated carbocycles. The molecule has 1 aromatic carbocycles. The van der Waals surface area contributed by atoms with Crippen LogP contribution in [-0.2, 0) is 6.42 Å². The minimum absolute atomic E-state index is 0.314. The summed E-state index contributed by atoms with van der Waals surface area (Å²) >= 11 is 9.50. The molecule has 0 radical (unpaired) electrons. The molecule has 0 unspecified atom stereocenters. The lowest BCUT2D eigenvalue weighted by Gasteiger charge is -2.10. The quantitative estimate of drug-likeness (QED) is 0.741. The first kappa shape index (κ1) is 14.4. The van der Waals surface area contributed by atoms with Crippen molar-refractivity contribution in [2.75, 3.05) is 0 Å². The van der Waals surface area contributed by atoms with Crippen molar-refractivity contribution in [3.05, 3.63) is 45.4 Å². The van der Waals surface area contributed by atoms with Gasteiger partial charge in [-0.2, -0.15) is 0 Å². The number of aromatic nitrogens is 2. The average molecular weight is 344 g/mol. The Morgan fingerprint density at radius 2 is 2.05 bits per heavy atom. The monoisotopic (exact) mass is 342 g/mol. The highest BCUT2D eigenvalue weighted by molar-refractivity contribution is 9.10. The SMILES string of the molecule is CC(C)Cc1nc(-c2cccc(F)c2)nc(Cl)c1Br. The van der Waals surface area contributed by atoms with Crippen LogP contribution >= 0.6 is 27.5 Å². The zero-order chi connectivity index (χ0) is 14.0. The molecule has 0 spiro atoms. The summed E-state index contributed by atoms with van der Waals surface area (Å²) in [7, 11) is 0. The molecule has 0 aliphatic rings. The molecule has 1 heterocycles. The molecule has 0 fully saturated rings. The van der Waals surface area contributed by atoms with Gasteiger partial charge in [0, 0.05) is 5.56 Å². The molecule has 1 aromatic heterocycles. The van der Waals surface area contributed by atoms with E-state index in [1.807, 2.05) is 0 Å². The minimum Gasteiger partial charge on any atom is -0.232 e. The van der Waals surface area contributed by atoms with Crippen LogP contribution in [0.2, 0.25) is 5.15 Å². The Hall–Kier alpha value is -1.00. The van der Waals surface area contributed by atoms with Crippen LogP contribution in [0.25, 0.3) is 11.4 Å². The average Bonchev–Trinajstić information content (AvgIpc) is 2.34. The van der Waals surface area contributed by atoms with Crippen molar-refractivity contribution < 1.29 is 4.39 Å². The van der Waals surface area contributed by atoms with E-state index in [4.69, 9.17) is 11.6 Å². The highest BCUT2D eigenvalue weighted by Crippen LogP contribution is 2.28. The lowest BCUT2D eigenvalue weighted by molar-refractivity contribution is 0.627. The van der Waals surface area contributed by atoms with Gasteiger partial charge in [0.25, 0.3) is 0 Å². The Balaban J connectivity index is 2.50. The minimum atomic E-state index is -0.314. The van der Waals surface area contributed by atoms with Gasteiger partial charge in [0.1, 0.15) is 11.0 Å². The normalized spacial score (nSPS) is 11.1. The first-order chi connectivity index (χ1) is 8.97. The van der Waals surface area contributed by atoms with Crippen LogP contribution in [0.5, 0.6) is 0 Å². The van der Waals surface area contributed by atoms with Crippen molar-refractivity contribution in [3.63, 3.8) is 0 Å². The number of nitrogens with zero attached hydrogens (tertiary/aromatic N) is 2. The van der Waals surface area contributed by atoms with Crippen molar-refractivity contribution in [2.45, 2.75) is 20.3 Å². The summed E-state index contributed by atoms with van der Waals surface area (Å²) in [5.74, 6) is 0.580. The van der Waals surface area contributed by atoms with Crippen LogP contribution in [0.1, 0.15) is 19.5 Å². The standard InChI is InChI=1S/C14H13BrClFN2/c1-8(2)6-11-12(15)13(16)19-14(18-11)9-4-3-5-10(17)7-9/h3-5,7-8H,6H2,1-2H3. The number of rotatable bonds is 3. The zero-order valence-electron chi connectivity index (χ0n) is 10.6. The van der Waals surface area contributed by atoms with Crippen LogP contribution in [0.4, 0.5) is 4.39 Å². The van der Waals surface area contributed by atoms with E-state index in [0.717, 1.165) is 12.1 Å². The van der Waals surface area contributed by atoms with Crippen molar-refractivity contribution in [1.82, 2.24) is 9.97 Å². The molecule has 5 heteroatoms. The predicted octanol–water partition coefficient (Wildman–Crippen LogP) is 4.90. The molecule has 0 saturated heterocycles. The van der Waals surface area contributed by atoms with Gasteiger partial charge in [0.15, 0.2) is 5.82 Å². The van der Waals surface area contributed by atoms with Crippen LogP contribution in [0, 0.1) is 11.7 Å². The second-order valence-electron chi connectivity index (χ2n) is 4.71. The zero-order valence-corrected chi connectivity index (χ0v) is 13.0. The van der Waals surface area contributed by atoms with E-state index in [1.165, 1.54) is 12.1 Å². The van der Waals surface area contributed by atoms with Crippen molar-refractivity contribution in [3.8, 4) is 11.4 Å². The predicted molar refractivity (Wildman–Crippen MR) is 78.7 cm³/mol. The van der Waals surface area contributed by atoms with Gasteiger partial charge in [-0.05, 0) is 40.4 Å². The van der Waals surface area contributed by atoms with Gasteiger partial charge in [0.05, 0.1) is 10.2 Å². The molecule has 0 N–H and O–H groups in total. The Labute approximate surface area is 125 Å². The van der Waals surface area contributed by atoms with Crippen molar-refractivity contribution in [2.24, 2.45) is 5.92 Å². The summed E-state index contributed by atoms with van der Waals surface area (Å²) in [6, 6.07) is 6.19. The van der Waals surface area contributed by atoms with Gasteiger partial charge in [-0.1, -0.05) is 37.6 Å². The fourth-order valence-corrected chi connectivity index (χ4v) is 2.27. The summed E-state index contributed by atoms with van der Waals surface area (Å²) in [5.41, 5.74) is 1.47. The lowest BCUT2D eigenvalue weighted by Crippen LogP contribution is -2.02. The van der Waals surface area contributed by atoms with Gasteiger partial charge in [-0.3, -0.25) is 0 Å². The van der Waals surface area contributed by atoms with Crippen LogP contribution in [0.15, 0.2) is 28.7 Å². The largest absolute Gasteiger partial charge is 0.232 e. The van der Waals surface area contributed by atoms with Crippen LogP contribution in [-0.4, -0.2) is 9.97 Å². The molecule has 0 atom stereocenters. The maximum Gasteiger partial charge on any atom is 0.161 e. The third-order valence-electron chi connectivity index (χ3n) is 2.56. The summed E-state index contributed by atoms with van der Waals surface area (Å²) in [4.78, 5) is 8.67. The second-order valence-corrected chi connectivity index (χ2v) is 5.86. The molecular formula is C14H13BrClFN2. The Kier molecular flexibility index (Phi) is 4.53. The number of hydrogen-bond acceptors (Lipinski definition) is 2. The summed E-state index contributed by atoms with van der Waals surface area (Å²) in [6.45, 7) is 4.20. The molecule has 0 aliphatic heterocycles. The topological polar surface area (TPSA) is 25.8 Å². The van der Waals surface area contributed by atoms with Gasteiger partial charge in [-0.15, -0.1) is 0 Å². The first-order valence-corrected chi connectivity index (χ1v) is 7.12. The molecule has 0 bridgehead atoms. The maximum absolute atomic E-state index is 13.2. The Morgan fingerprint density at radius 3 is 2.68 bits per heavy atom. The molecule has 2 nitrogen and oxygen atoms in total. The smallest absolute Gasteiger partial charge is 0.161 e. The third-order valence-corrected chi connectivity index (χ3v) is 3.90. The van der Waals surface area contributed by atoms with E-state index in [-0.39, 0.29) is 5.82 Å². The maximum atomic E-state index is 13.2. The number of halogens is 3. The second kappa shape index (κ2) is 5.97. The van der Waals surface area contributed by atoms with Crippen LogP contribution < -0.4 is 0 Å². The lowest BCUT2D eigenvalue weighted by atomic mass is 10.1. The number of hydrogen-bond donors (Lipinski definition) is 0. The van der Waals surface area contributed by atoms with Crippen LogP contribution in [0.3, 0.4) is 0 Å². The third kappa shape index (κ3) is 3.51. The van der Waals surface area contributed by atoms with Gasteiger partial charge >= 0.3 is 0 Å². The fourth-order valence-electron chi connectivity index (χ4n) is 1.74. The number of benzene rings is 1.